The molecule has 0 amide bonds. The van der Waals surface area contributed by atoms with Gasteiger partial charge in [-0.1, -0.05) is 12.1 Å². The predicted molar refractivity (Wildman–Crippen MR) is 128 cm³/mol. The van der Waals surface area contributed by atoms with E-state index in [0.717, 1.165) is 47.0 Å². The van der Waals surface area contributed by atoms with Gasteiger partial charge in [0.2, 0.25) is 0 Å². The van der Waals surface area contributed by atoms with Crippen LogP contribution in [-0.2, 0) is 13.1 Å². The molecular formula is C21H31IN4OS. The Hall–Kier alpha value is -1.35. The quantitative estimate of drug-likeness (QED) is 0.304. The molecule has 1 heterocycles. The van der Waals surface area contributed by atoms with Crippen molar-refractivity contribution in [2.24, 2.45) is 10.9 Å². The largest absolute Gasteiger partial charge is 0.493 e. The normalized spacial score (nSPS) is 13.8. The molecule has 1 fully saturated rings. The lowest BCUT2D eigenvalue weighted by molar-refractivity contribution is 0.296. The molecule has 5 nitrogen and oxygen atoms in total. The summed E-state index contributed by atoms with van der Waals surface area (Å²) in [6.45, 7) is 11.2. The zero-order valence-corrected chi connectivity index (χ0v) is 20.3. The Morgan fingerprint density at radius 1 is 1.25 bits per heavy atom. The standard InChI is InChI=1S/C21H30N4OS.HI/c1-5-22-21(24-12-20-25-15(3)16(4)27-20)23-11-18-9-6-14(2)10-19(18)26-13-17-7-8-17;/h6,9-10,17H,5,7-8,11-13H2,1-4H3,(H2,22,23,24);1H. The Bertz CT molecular complexity index is 782. The second-order valence-corrected chi connectivity index (χ2v) is 8.45. The van der Waals surface area contributed by atoms with Crippen LogP contribution in [0.5, 0.6) is 5.75 Å². The third-order valence-electron chi connectivity index (χ3n) is 4.63. The van der Waals surface area contributed by atoms with Gasteiger partial charge < -0.3 is 15.4 Å². The number of aromatic nitrogens is 1. The van der Waals surface area contributed by atoms with Crippen molar-refractivity contribution in [2.45, 2.75) is 53.6 Å². The molecule has 28 heavy (non-hydrogen) atoms. The van der Waals surface area contributed by atoms with Gasteiger partial charge in [0.15, 0.2) is 5.96 Å². The summed E-state index contributed by atoms with van der Waals surface area (Å²) in [4.78, 5) is 10.6. The molecule has 0 aliphatic heterocycles. The lowest BCUT2D eigenvalue weighted by Gasteiger charge is -2.13. The number of halogens is 1. The van der Waals surface area contributed by atoms with Crippen molar-refractivity contribution >= 4 is 41.3 Å². The molecule has 1 aliphatic carbocycles. The molecule has 1 aromatic heterocycles. The van der Waals surface area contributed by atoms with E-state index < -0.39 is 0 Å². The maximum atomic E-state index is 6.06. The minimum Gasteiger partial charge on any atom is -0.493 e. The fourth-order valence-electron chi connectivity index (χ4n) is 2.70. The topological polar surface area (TPSA) is 58.5 Å². The van der Waals surface area contributed by atoms with Crippen LogP contribution in [0.4, 0.5) is 0 Å². The first-order chi connectivity index (χ1) is 13.0. The average molecular weight is 514 g/mol. The van der Waals surface area contributed by atoms with Gasteiger partial charge in [-0.15, -0.1) is 35.3 Å². The van der Waals surface area contributed by atoms with E-state index in [2.05, 4.69) is 61.5 Å². The number of hydrogen-bond acceptors (Lipinski definition) is 4. The first-order valence-electron chi connectivity index (χ1n) is 9.72. The summed E-state index contributed by atoms with van der Waals surface area (Å²) in [6, 6.07) is 6.36. The van der Waals surface area contributed by atoms with E-state index >= 15 is 0 Å². The van der Waals surface area contributed by atoms with Crippen LogP contribution in [0, 0.1) is 26.7 Å². The number of ether oxygens (including phenoxy) is 1. The summed E-state index contributed by atoms with van der Waals surface area (Å²) in [5.74, 6) is 2.51. The smallest absolute Gasteiger partial charge is 0.191 e. The lowest BCUT2D eigenvalue weighted by Crippen LogP contribution is -2.36. The van der Waals surface area contributed by atoms with E-state index in [0.29, 0.717) is 13.1 Å². The number of thiazole rings is 1. The van der Waals surface area contributed by atoms with Gasteiger partial charge >= 0.3 is 0 Å². The lowest BCUT2D eigenvalue weighted by atomic mass is 10.1. The maximum Gasteiger partial charge on any atom is 0.191 e. The van der Waals surface area contributed by atoms with Crippen LogP contribution in [0.25, 0.3) is 0 Å². The molecule has 3 rings (SSSR count). The number of guanidine groups is 1. The molecule has 0 spiro atoms. The highest BCUT2D eigenvalue weighted by Crippen LogP contribution is 2.31. The molecule has 0 radical (unpaired) electrons. The third kappa shape index (κ3) is 6.92. The van der Waals surface area contributed by atoms with Crippen LogP contribution in [-0.4, -0.2) is 24.1 Å². The van der Waals surface area contributed by atoms with Gasteiger partial charge in [0.05, 0.1) is 25.4 Å². The Balaban J connectivity index is 0.00000280. The first kappa shape index (κ1) is 22.9. The zero-order valence-electron chi connectivity index (χ0n) is 17.2. The number of hydrogen-bond donors (Lipinski definition) is 2. The van der Waals surface area contributed by atoms with Crippen LogP contribution in [0.2, 0.25) is 0 Å². The second kappa shape index (κ2) is 11.0. The van der Waals surface area contributed by atoms with Crippen LogP contribution in [0.1, 0.15) is 46.5 Å². The number of aryl methyl sites for hydroxylation is 3. The van der Waals surface area contributed by atoms with Crippen molar-refractivity contribution in [3.63, 3.8) is 0 Å². The van der Waals surface area contributed by atoms with Crippen molar-refractivity contribution in [1.29, 1.82) is 0 Å². The van der Waals surface area contributed by atoms with Gasteiger partial charge in [0, 0.05) is 17.0 Å². The number of rotatable bonds is 8. The molecule has 0 atom stereocenters. The molecular weight excluding hydrogens is 483 g/mol. The van der Waals surface area contributed by atoms with E-state index in [4.69, 9.17) is 9.73 Å². The number of nitrogens with one attached hydrogen (secondary N) is 2. The number of benzene rings is 1. The average Bonchev–Trinajstić information content (AvgIpc) is 3.41. The molecule has 2 aromatic rings. The summed E-state index contributed by atoms with van der Waals surface area (Å²) < 4.78 is 6.06. The number of nitrogens with zero attached hydrogens (tertiary/aromatic N) is 2. The minimum absolute atomic E-state index is 0. The summed E-state index contributed by atoms with van der Waals surface area (Å²) in [7, 11) is 0. The van der Waals surface area contributed by atoms with E-state index in [1.54, 1.807) is 11.3 Å². The van der Waals surface area contributed by atoms with Crippen molar-refractivity contribution in [2.75, 3.05) is 13.2 Å². The summed E-state index contributed by atoms with van der Waals surface area (Å²) in [5.41, 5.74) is 3.45. The molecule has 1 aromatic carbocycles. The second-order valence-electron chi connectivity index (χ2n) is 7.16. The first-order valence-corrected chi connectivity index (χ1v) is 10.5. The van der Waals surface area contributed by atoms with E-state index in [9.17, 15) is 0 Å². The van der Waals surface area contributed by atoms with Crippen molar-refractivity contribution in [1.82, 2.24) is 15.6 Å². The molecule has 7 heteroatoms. The molecule has 1 aliphatic rings. The van der Waals surface area contributed by atoms with Crippen molar-refractivity contribution < 1.29 is 4.74 Å². The highest BCUT2D eigenvalue weighted by molar-refractivity contribution is 14.0. The maximum absolute atomic E-state index is 6.06. The Kier molecular flexibility index (Phi) is 9.01. The minimum atomic E-state index is 0. The zero-order chi connectivity index (χ0) is 19.2. The molecule has 1 saturated carbocycles. The Morgan fingerprint density at radius 2 is 2.04 bits per heavy atom. The van der Waals surface area contributed by atoms with E-state index in [-0.39, 0.29) is 24.0 Å². The van der Waals surface area contributed by atoms with Gasteiger partial charge in [0.25, 0.3) is 0 Å². The van der Waals surface area contributed by atoms with Crippen molar-refractivity contribution in [3.8, 4) is 5.75 Å². The molecule has 0 saturated heterocycles. The van der Waals surface area contributed by atoms with Crippen LogP contribution < -0.4 is 15.4 Å². The van der Waals surface area contributed by atoms with Crippen LogP contribution in [0.3, 0.4) is 0 Å². The van der Waals surface area contributed by atoms with Gasteiger partial charge in [-0.05, 0) is 58.1 Å². The Labute approximate surface area is 189 Å². The van der Waals surface area contributed by atoms with Crippen molar-refractivity contribution in [3.05, 3.63) is 44.9 Å². The summed E-state index contributed by atoms with van der Waals surface area (Å²) in [6.07, 6.45) is 2.59. The predicted octanol–water partition coefficient (Wildman–Crippen LogP) is 4.73. The highest BCUT2D eigenvalue weighted by atomic mass is 127. The van der Waals surface area contributed by atoms with Crippen LogP contribution in [0.15, 0.2) is 23.2 Å². The molecule has 2 N–H and O–H groups in total. The molecule has 0 unspecified atom stereocenters. The SMILES string of the molecule is CCNC(=NCc1ccc(C)cc1OCC1CC1)NCc1nc(C)c(C)s1.I. The third-order valence-corrected chi connectivity index (χ3v) is 5.70. The summed E-state index contributed by atoms with van der Waals surface area (Å²) >= 11 is 1.73. The molecule has 0 bridgehead atoms. The summed E-state index contributed by atoms with van der Waals surface area (Å²) in [5, 5.41) is 7.78. The fourth-order valence-corrected chi connectivity index (χ4v) is 3.57. The van der Waals surface area contributed by atoms with Crippen LogP contribution >= 0.6 is 35.3 Å². The number of aliphatic imine (C=N–C) groups is 1. The van der Waals surface area contributed by atoms with Gasteiger partial charge in [0.1, 0.15) is 10.8 Å². The van der Waals surface area contributed by atoms with Gasteiger partial charge in [-0.25, -0.2) is 9.98 Å². The van der Waals surface area contributed by atoms with Gasteiger partial charge in [-0.2, -0.15) is 0 Å². The monoisotopic (exact) mass is 514 g/mol. The highest BCUT2D eigenvalue weighted by Gasteiger charge is 2.22. The fraction of sp³-hybridized carbons (Fsp3) is 0.524. The molecule has 154 valence electrons. The Morgan fingerprint density at radius 3 is 2.68 bits per heavy atom. The van der Waals surface area contributed by atoms with E-state index in [1.165, 1.54) is 23.3 Å². The van der Waals surface area contributed by atoms with E-state index in [1.807, 2.05) is 0 Å². The van der Waals surface area contributed by atoms with Gasteiger partial charge in [-0.3, -0.25) is 0 Å².